The second-order valence-electron chi connectivity index (χ2n) is 3.78. The van der Waals surface area contributed by atoms with E-state index < -0.39 is 0 Å². The van der Waals surface area contributed by atoms with E-state index in [1.54, 1.807) is 55.6 Å². The summed E-state index contributed by atoms with van der Waals surface area (Å²) in [6.45, 7) is 0. The Kier molecular flexibility index (Phi) is 4.17. The van der Waals surface area contributed by atoms with Gasteiger partial charge in [-0.1, -0.05) is 23.7 Å². The molecule has 0 unspecified atom stereocenters. The highest BCUT2D eigenvalue weighted by Crippen LogP contribution is 2.19. The number of ether oxygens (including phenoxy) is 1. The van der Waals surface area contributed by atoms with Crippen molar-refractivity contribution in [1.82, 2.24) is 0 Å². The highest BCUT2D eigenvalue weighted by molar-refractivity contribution is 6.30. The van der Waals surface area contributed by atoms with Crippen LogP contribution in [0.3, 0.4) is 0 Å². The third-order valence-electron chi connectivity index (χ3n) is 2.54. The Morgan fingerprint density at radius 3 is 2.26 bits per heavy atom. The first-order valence-electron chi connectivity index (χ1n) is 5.61. The van der Waals surface area contributed by atoms with Crippen LogP contribution in [-0.2, 0) is 0 Å². The molecule has 0 spiro atoms. The fourth-order valence-electron chi connectivity index (χ4n) is 1.55. The second-order valence-corrected chi connectivity index (χ2v) is 4.21. The number of hydrogen-bond donors (Lipinski definition) is 0. The van der Waals surface area contributed by atoms with Crippen LogP contribution in [-0.4, -0.2) is 12.8 Å². The van der Waals surface area contributed by atoms with E-state index in [2.05, 4.69) is 11.1 Å². The second kappa shape index (κ2) is 6.03. The lowest BCUT2D eigenvalue weighted by Crippen LogP contribution is -1.95. The van der Waals surface area contributed by atoms with Crippen LogP contribution in [0.2, 0.25) is 5.02 Å². The molecule has 0 atom stereocenters. The van der Waals surface area contributed by atoms with Gasteiger partial charge in [-0.15, -0.1) is 0 Å². The van der Waals surface area contributed by atoms with E-state index in [1.165, 1.54) is 0 Å². The zero-order valence-corrected chi connectivity index (χ0v) is 11.1. The molecule has 0 aliphatic carbocycles. The number of rotatable bonds is 3. The molecule has 3 nitrogen and oxygen atoms in total. The quantitative estimate of drug-likeness (QED) is 0.792. The van der Waals surface area contributed by atoms with Crippen LogP contribution < -0.4 is 4.74 Å². The summed E-state index contributed by atoms with van der Waals surface area (Å²) < 4.78 is 5.07. The third-order valence-corrected chi connectivity index (χ3v) is 2.79. The molecular formula is C15H11ClN2O. The van der Waals surface area contributed by atoms with E-state index in [0.29, 0.717) is 16.4 Å². The largest absolute Gasteiger partial charge is 0.497 e. The van der Waals surface area contributed by atoms with Crippen molar-refractivity contribution in [2.24, 2.45) is 4.99 Å². The first-order valence-corrected chi connectivity index (χ1v) is 5.99. The summed E-state index contributed by atoms with van der Waals surface area (Å²) in [5, 5.41) is 9.80. The molecule has 0 saturated heterocycles. The van der Waals surface area contributed by atoms with Crippen molar-refractivity contribution in [3.8, 4) is 11.8 Å². The van der Waals surface area contributed by atoms with E-state index in [4.69, 9.17) is 16.3 Å². The third kappa shape index (κ3) is 3.34. The van der Waals surface area contributed by atoms with Gasteiger partial charge >= 0.3 is 0 Å². The van der Waals surface area contributed by atoms with E-state index in [0.717, 1.165) is 11.3 Å². The van der Waals surface area contributed by atoms with Crippen LogP contribution in [0.5, 0.6) is 5.75 Å². The molecule has 0 heterocycles. The zero-order valence-electron chi connectivity index (χ0n) is 10.3. The molecule has 0 radical (unpaired) electrons. The molecule has 2 aromatic carbocycles. The molecule has 0 fully saturated rings. The smallest absolute Gasteiger partial charge is 0.148 e. The number of halogens is 1. The minimum atomic E-state index is 0.349. The average Bonchev–Trinajstić information content (AvgIpc) is 2.46. The maximum absolute atomic E-state index is 9.17. The maximum atomic E-state index is 9.17. The molecule has 0 bridgehead atoms. The number of hydrogen-bond acceptors (Lipinski definition) is 3. The lowest BCUT2D eigenvalue weighted by molar-refractivity contribution is 0.415. The van der Waals surface area contributed by atoms with Crippen LogP contribution in [0.1, 0.15) is 5.56 Å². The van der Waals surface area contributed by atoms with Crippen LogP contribution >= 0.6 is 11.6 Å². The summed E-state index contributed by atoms with van der Waals surface area (Å²) in [6, 6.07) is 16.3. The predicted octanol–water partition coefficient (Wildman–Crippen LogP) is 3.99. The Morgan fingerprint density at radius 2 is 1.74 bits per heavy atom. The SMILES string of the molecule is COc1ccc(/N=C(\C#N)c2ccc(Cl)cc2)cc1. The number of aliphatic imine (C=N–C) groups is 1. The van der Waals surface area contributed by atoms with Gasteiger partial charge in [-0.3, -0.25) is 0 Å². The van der Waals surface area contributed by atoms with Crippen molar-refractivity contribution in [1.29, 1.82) is 5.26 Å². The highest BCUT2D eigenvalue weighted by atomic mass is 35.5. The highest BCUT2D eigenvalue weighted by Gasteiger charge is 2.03. The van der Waals surface area contributed by atoms with Gasteiger partial charge in [-0.05, 0) is 36.4 Å². The molecule has 2 aromatic rings. The molecule has 4 heteroatoms. The van der Waals surface area contributed by atoms with Crippen LogP contribution in [0.25, 0.3) is 0 Å². The van der Waals surface area contributed by atoms with Crippen molar-refractivity contribution in [3.05, 3.63) is 59.1 Å². The molecule has 0 saturated carbocycles. The molecule has 0 aliphatic rings. The Labute approximate surface area is 116 Å². The molecule has 2 rings (SSSR count). The summed E-state index contributed by atoms with van der Waals surface area (Å²) in [4.78, 5) is 4.31. The van der Waals surface area contributed by atoms with Crippen LogP contribution in [0.15, 0.2) is 53.5 Å². The molecule has 19 heavy (non-hydrogen) atoms. The fraction of sp³-hybridized carbons (Fsp3) is 0.0667. The molecule has 0 aliphatic heterocycles. The lowest BCUT2D eigenvalue weighted by Gasteiger charge is -2.01. The molecule has 94 valence electrons. The van der Waals surface area contributed by atoms with Gasteiger partial charge in [0.25, 0.3) is 0 Å². The fourth-order valence-corrected chi connectivity index (χ4v) is 1.67. The molecule has 0 aromatic heterocycles. The number of nitrogens with zero attached hydrogens (tertiary/aromatic N) is 2. The Balaban J connectivity index is 2.33. The van der Waals surface area contributed by atoms with Gasteiger partial charge in [0.2, 0.25) is 0 Å². The predicted molar refractivity (Wildman–Crippen MR) is 76.3 cm³/mol. The monoisotopic (exact) mass is 270 g/mol. The first-order chi connectivity index (χ1) is 9.22. The Hall–Kier alpha value is -2.31. The summed E-state index contributed by atoms with van der Waals surface area (Å²) in [5.41, 5.74) is 1.79. The van der Waals surface area contributed by atoms with E-state index in [-0.39, 0.29) is 0 Å². The van der Waals surface area contributed by atoms with Crippen molar-refractivity contribution >= 4 is 23.0 Å². The standard InChI is InChI=1S/C15H11ClN2O/c1-19-14-8-6-13(7-9-14)18-15(10-17)11-2-4-12(16)5-3-11/h2-9H,1H3/b18-15+. The minimum Gasteiger partial charge on any atom is -0.497 e. The van der Waals surface area contributed by atoms with Crippen molar-refractivity contribution in [2.45, 2.75) is 0 Å². The topological polar surface area (TPSA) is 45.4 Å². The van der Waals surface area contributed by atoms with Gasteiger partial charge in [0.15, 0.2) is 0 Å². The maximum Gasteiger partial charge on any atom is 0.148 e. The summed E-state index contributed by atoms with van der Waals surface area (Å²) in [6.07, 6.45) is 0. The van der Waals surface area contributed by atoms with Crippen molar-refractivity contribution < 1.29 is 4.74 Å². The number of methoxy groups -OCH3 is 1. The van der Waals surface area contributed by atoms with E-state index in [9.17, 15) is 5.26 Å². The van der Waals surface area contributed by atoms with Gasteiger partial charge in [-0.25, -0.2) is 4.99 Å². The summed E-state index contributed by atoms with van der Waals surface area (Å²) in [5.74, 6) is 0.754. The van der Waals surface area contributed by atoms with Gasteiger partial charge < -0.3 is 4.74 Å². The van der Waals surface area contributed by atoms with E-state index >= 15 is 0 Å². The zero-order chi connectivity index (χ0) is 13.7. The van der Waals surface area contributed by atoms with Gasteiger partial charge in [-0.2, -0.15) is 5.26 Å². The van der Waals surface area contributed by atoms with Gasteiger partial charge in [0.05, 0.1) is 12.8 Å². The van der Waals surface area contributed by atoms with E-state index in [1.807, 2.05) is 0 Å². The normalized spacial score (nSPS) is 10.9. The Bertz CT molecular complexity index is 625. The minimum absolute atomic E-state index is 0.349. The number of nitriles is 1. The van der Waals surface area contributed by atoms with Crippen molar-refractivity contribution in [3.63, 3.8) is 0 Å². The average molecular weight is 271 g/mol. The van der Waals surface area contributed by atoms with Crippen molar-refractivity contribution in [2.75, 3.05) is 7.11 Å². The van der Waals surface area contributed by atoms with Crippen LogP contribution in [0, 0.1) is 11.3 Å². The lowest BCUT2D eigenvalue weighted by atomic mass is 10.1. The number of benzene rings is 2. The summed E-state index contributed by atoms with van der Waals surface area (Å²) >= 11 is 5.82. The first kappa shape index (κ1) is 13.1. The molecule has 0 N–H and O–H groups in total. The Morgan fingerprint density at radius 1 is 1.11 bits per heavy atom. The van der Waals surface area contributed by atoms with Crippen LogP contribution in [0.4, 0.5) is 5.69 Å². The van der Waals surface area contributed by atoms with Gasteiger partial charge in [0.1, 0.15) is 17.5 Å². The summed E-state index contributed by atoms with van der Waals surface area (Å²) in [7, 11) is 1.60. The van der Waals surface area contributed by atoms with Gasteiger partial charge in [0, 0.05) is 10.6 Å². The molecular weight excluding hydrogens is 260 g/mol. The molecule has 0 amide bonds.